The summed E-state index contributed by atoms with van der Waals surface area (Å²) in [7, 11) is 3.54. The normalized spacial score (nSPS) is 12.4. The predicted molar refractivity (Wildman–Crippen MR) is 71.6 cm³/mol. The monoisotopic (exact) mass is 245 g/mol. The van der Waals surface area contributed by atoms with Gasteiger partial charge in [0, 0.05) is 18.7 Å². The summed E-state index contributed by atoms with van der Waals surface area (Å²) in [5, 5.41) is 4.36. The van der Waals surface area contributed by atoms with E-state index < -0.39 is 0 Å². The predicted octanol–water partition coefficient (Wildman–Crippen LogP) is 1.98. The van der Waals surface area contributed by atoms with E-state index in [1.165, 1.54) is 0 Å². The molecule has 2 rings (SSSR count). The Morgan fingerprint density at radius 2 is 2.00 bits per heavy atom. The van der Waals surface area contributed by atoms with Crippen LogP contribution in [0, 0.1) is 6.92 Å². The minimum atomic E-state index is -0.0389. The molecule has 1 aromatic heterocycles. The average Bonchev–Trinajstić information content (AvgIpc) is 2.64. The first-order chi connectivity index (χ1) is 8.63. The van der Waals surface area contributed by atoms with Crippen molar-refractivity contribution in [2.45, 2.75) is 19.4 Å². The van der Waals surface area contributed by atoms with Crippen molar-refractivity contribution in [3.8, 4) is 5.88 Å². The van der Waals surface area contributed by atoms with Crippen molar-refractivity contribution in [1.29, 1.82) is 0 Å². The highest BCUT2D eigenvalue weighted by molar-refractivity contribution is 5.33. The molecule has 1 atom stereocenters. The zero-order valence-corrected chi connectivity index (χ0v) is 11.1. The zero-order chi connectivity index (χ0) is 13.1. The molecule has 0 aliphatic carbocycles. The first-order valence-electron chi connectivity index (χ1n) is 6.00. The summed E-state index contributed by atoms with van der Waals surface area (Å²) in [4.78, 5) is 0. The number of aryl methyl sites for hydroxylation is 2. The lowest BCUT2D eigenvalue weighted by Gasteiger charge is -2.12. The van der Waals surface area contributed by atoms with Gasteiger partial charge in [-0.25, -0.2) is 4.68 Å². The summed E-state index contributed by atoms with van der Waals surface area (Å²) in [6.45, 7) is 1.98. The summed E-state index contributed by atoms with van der Waals surface area (Å²) in [6.07, 6.45) is 0.729. The Morgan fingerprint density at radius 1 is 1.33 bits per heavy atom. The molecule has 2 N–H and O–H groups in total. The van der Waals surface area contributed by atoms with Crippen LogP contribution >= 0.6 is 0 Å². The summed E-state index contributed by atoms with van der Waals surface area (Å²) in [6, 6.07) is 10.0. The molecule has 0 saturated heterocycles. The second kappa shape index (κ2) is 5.23. The molecule has 0 radical (unpaired) electrons. The minimum absolute atomic E-state index is 0.0389. The molecule has 4 heteroatoms. The second-order valence-electron chi connectivity index (χ2n) is 4.42. The van der Waals surface area contributed by atoms with E-state index in [0.717, 1.165) is 29.1 Å². The smallest absolute Gasteiger partial charge is 0.214 e. The molecule has 1 heterocycles. The number of nitrogens with zero attached hydrogens (tertiary/aromatic N) is 2. The van der Waals surface area contributed by atoms with E-state index in [1.807, 2.05) is 44.3 Å². The Morgan fingerprint density at radius 3 is 2.61 bits per heavy atom. The lowest BCUT2D eigenvalue weighted by Crippen LogP contribution is -2.14. The Labute approximate surface area is 107 Å². The molecular weight excluding hydrogens is 226 g/mol. The van der Waals surface area contributed by atoms with Crippen molar-refractivity contribution < 1.29 is 4.74 Å². The Balaban J connectivity index is 2.24. The standard InChI is InChI=1S/C14H19N3O/c1-10-12(14(18-3)17(2)16-10)9-13(15)11-7-5-4-6-8-11/h4-8,13H,9,15H2,1-3H3. The van der Waals surface area contributed by atoms with Crippen molar-refractivity contribution in [3.63, 3.8) is 0 Å². The van der Waals surface area contributed by atoms with Gasteiger partial charge in [0.05, 0.1) is 12.8 Å². The molecular formula is C14H19N3O. The lowest BCUT2D eigenvalue weighted by molar-refractivity contribution is 0.368. The van der Waals surface area contributed by atoms with Gasteiger partial charge in [-0.2, -0.15) is 5.10 Å². The molecule has 4 nitrogen and oxygen atoms in total. The molecule has 1 unspecified atom stereocenters. The molecule has 18 heavy (non-hydrogen) atoms. The van der Waals surface area contributed by atoms with Crippen LogP contribution in [0.2, 0.25) is 0 Å². The van der Waals surface area contributed by atoms with Gasteiger partial charge in [0.1, 0.15) is 0 Å². The van der Waals surface area contributed by atoms with Crippen LogP contribution < -0.4 is 10.5 Å². The van der Waals surface area contributed by atoms with Gasteiger partial charge in [-0.3, -0.25) is 0 Å². The van der Waals surface area contributed by atoms with E-state index in [9.17, 15) is 0 Å². The highest BCUT2D eigenvalue weighted by atomic mass is 16.5. The number of nitrogens with two attached hydrogens (primary N) is 1. The van der Waals surface area contributed by atoms with Gasteiger partial charge in [-0.15, -0.1) is 0 Å². The van der Waals surface area contributed by atoms with Crippen molar-refractivity contribution in [3.05, 3.63) is 47.2 Å². The van der Waals surface area contributed by atoms with Gasteiger partial charge in [-0.1, -0.05) is 30.3 Å². The van der Waals surface area contributed by atoms with Crippen LogP contribution in [0.15, 0.2) is 30.3 Å². The zero-order valence-electron chi connectivity index (χ0n) is 11.1. The number of hydrogen-bond acceptors (Lipinski definition) is 3. The van der Waals surface area contributed by atoms with E-state index in [-0.39, 0.29) is 6.04 Å². The average molecular weight is 245 g/mol. The van der Waals surface area contributed by atoms with Crippen molar-refractivity contribution >= 4 is 0 Å². The maximum atomic E-state index is 6.24. The molecule has 0 aliphatic heterocycles. The summed E-state index contributed by atoms with van der Waals surface area (Å²) >= 11 is 0. The van der Waals surface area contributed by atoms with Crippen LogP contribution in [-0.4, -0.2) is 16.9 Å². The molecule has 0 saturated carbocycles. The molecule has 0 aliphatic rings. The Bertz CT molecular complexity index is 519. The fraction of sp³-hybridized carbons (Fsp3) is 0.357. The SMILES string of the molecule is COc1c(CC(N)c2ccccc2)c(C)nn1C. The molecule has 96 valence electrons. The highest BCUT2D eigenvalue weighted by Gasteiger charge is 2.17. The van der Waals surface area contributed by atoms with Crippen molar-refractivity contribution in [2.75, 3.05) is 7.11 Å². The fourth-order valence-electron chi connectivity index (χ4n) is 2.21. The number of hydrogen-bond donors (Lipinski definition) is 1. The van der Waals surface area contributed by atoms with Crippen LogP contribution in [0.4, 0.5) is 0 Å². The van der Waals surface area contributed by atoms with Gasteiger partial charge in [0.25, 0.3) is 0 Å². The third kappa shape index (κ3) is 2.38. The van der Waals surface area contributed by atoms with Crippen LogP contribution in [0.3, 0.4) is 0 Å². The topological polar surface area (TPSA) is 53.1 Å². The van der Waals surface area contributed by atoms with E-state index in [0.29, 0.717) is 0 Å². The summed E-state index contributed by atoms with van der Waals surface area (Å²) in [5.41, 5.74) is 9.42. The van der Waals surface area contributed by atoms with Crippen molar-refractivity contribution in [2.24, 2.45) is 12.8 Å². The third-order valence-corrected chi connectivity index (χ3v) is 3.13. The van der Waals surface area contributed by atoms with Crippen LogP contribution in [0.25, 0.3) is 0 Å². The van der Waals surface area contributed by atoms with Crippen LogP contribution in [0.1, 0.15) is 22.9 Å². The quantitative estimate of drug-likeness (QED) is 0.896. The number of methoxy groups -OCH3 is 1. The molecule has 1 aromatic carbocycles. The van der Waals surface area contributed by atoms with Gasteiger partial charge in [0.2, 0.25) is 5.88 Å². The maximum absolute atomic E-state index is 6.24. The van der Waals surface area contributed by atoms with E-state index in [1.54, 1.807) is 11.8 Å². The molecule has 0 amide bonds. The highest BCUT2D eigenvalue weighted by Crippen LogP contribution is 2.26. The number of ether oxygens (including phenoxy) is 1. The number of rotatable bonds is 4. The van der Waals surface area contributed by atoms with Crippen LogP contribution in [-0.2, 0) is 13.5 Å². The minimum Gasteiger partial charge on any atom is -0.481 e. The third-order valence-electron chi connectivity index (χ3n) is 3.13. The Hall–Kier alpha value is -1.81. The number of aromatic nitrogens is 2. The first-order valence-corrected chi connectivity index (χ1v) is 6.00. The largest absolute Gasteiger partial charge is 0.481 e. The maximum Gasteiger partial charge on any atom is 0.214 e. The molecule has 0 spiro atoms. The second-order valence-corrected chi connectivity index (χ2v) is 4.42. The van der Waals surface area contributed by atoms with Crippen LogP contribution in [0.5, 0.6) is 5.88 Å². The summed E-state index contributed by atoms with van der Waals surface area (Å²) < 4.78 is 7.13. The first kappa shape index (κ1) is 12.6. The summed E-state index contributed by atoms with van der Waals surface area (Å²) in [5.74, 6) is 0.791. The van der Waals surface area contributed by atoms with Gasteiger partial charge in [-0.05, 0) is 18.9 Å². The fourth-order valence-corrected chi connectivity index (χ4v) is 2.21. The van der Waals surface area contributed by atoms with Gasteiger partial charge in [0.15, 0.2) is 0 Å². The number of benzene rings is 1. The Kier molecular flexibility index (Phi) is 3.67. The van der Waals surface area contributed by atoms with E-state index in [2.05, 4.69) is 5.10 Å². The van der Waals surface area contributed by atoms with E-state index >= 15 is 0 Å². The molecule has 0 fully saturated rings. The van der Waals surface area contributed by atoms with E-state index in [4.69, 9.17) is 10.5 Å². The van der Waals surface area contributed by atoms with Crippen molar-refractivity contribution in [1.82, 2.24) is 9.78 Å². The van der Waals surface area contributed by atoms with Gasteiger partial charge >= 0.3 is 0 Å². The lowest BCUT2D eigenvalue weighted by atomic mass is 10.00. The van der Waals surface area contributed by atoms with Gasteiger partial charge < -0.3 is 10.5 Å². The molecule has 2 aromatic rings. The molecule has 0 bridgehead atoms.